The third-order valence-electron chi connectivity index (χ3n) is 2.51. The van der Waals surface area contributed by atoms with Gasteiger partial charge in [-0.3, -0.25) is 10.1 Å². The molecule has 1 aromatic heterocycles. The molecule has 0 aliphatic heterocycles. The van der Waals surface area contributed by atoms with Gasteiger partial charge >= 0.3 is 0 Å². The minimum Gasteiger partial charge on any atom is -0.481 e. The first-order valence-electron chi connectivity index (χ1n) is 5.77. The van der Waals surface area contributed by atoms with Gasteiger partial charge in [0, 0.05) is 4.47 Å². The van der Waals surface area contributed by atoms with Crippen molar-refractivity contribution in [3.63, 3.8) is 0 Å². The Labute approximate surface area is 128 Å². The third kappa shape index (κ3) is 3.46. The first kappa shape index (κ1) is 15.2. The lowest BCUT2D eigenvalue weighted by Crippen LogP contribution is -2.17. The van der Waals surface area contributed by atoms with Crippen LogP contribution in [0.5, 0.6) is 11.8 Å². The molecule has 1 aromatic carbocycles. The Bertz CT molecular complexity index is 639. The molecule has 0 atom stereocenters. The summed E-state index contributed by atoms with van der Waals surface area (Å²) in [6, 6.07) is 5.69. The topological polar surface area (TPSA) is 73.3 Å². The molecule has 2 rings (SSSR count). The van der Waals surface area contributed by atoms with Crippen LogP contribution in [0.15, 0.2) is 28.7 Å². The lowest BCUT2D eigenvalue weighted by atomic mass is 10.2. The van der Waals surface area contributed by atoms with E-state index >= 15 is 0 Å². The first-order chi connectivity index (χ1) is 10.0. The van der Waals surface area contributed by atoms with Gasteiger partial charge in [-0.05, 0) is 28.1 Å². The molecule has 0 aliphatic rings. The van der Waals surface area contributed by atoms with Crippen molar-refractivity contribution in [2.24, 2.45) is 0 Å². The fraction of sp³-hybridized carbons (Fsp3) is 0.154. The van der Waals surface area contributed by atoms with Gasteiger partial charge in [0.25, 0.3) is 5.91 Å². The summed E-state index contributed by atoms with van der Waals surface area (Å²) in [5, 5.41) is 2.40. The molecule has 1 heterocycles. The first-order valence-corrected chi connectivity index (χ1v) is 6.57. The zero-order valence-corrected chi connectivity index (χ0v) is 12.8. The van der Waals surface area contributed by atoms with E-state index in [1.807, 2.05) is 0 Å². The van der Waals surface area contributed by atoms with Gasteiger partial charge in [-0.1, -0.05) is 6.07 Å². The molecule has 0 fully saturated rings. The van der Waals surface area contributed by atoms with E-state index in [9.17, 15) is 9.18 Å². The third-order valence-corrected chi connectivity index (χ3v) is 3.17. The number of carbonyl (C=O) groups excluding carboxylic acids is 1. The monoisotopic (exact) mass is 355 g/mol. The number of methoxy groups -OCH3 is 2. The Morgan fingerprint density at radius 3 is 2.38 bits per heavy atom. The summed E-state index contributed by atoms with van der Waals surface area (Å²) in [5.74, 6) is -0.965. The van der Waals surface area contributed by atoms with Crippen molar-refractivity contribution in [1.82, 2.24) is 9.97 Å². The molecule has 2 aromatic rings. The molecule has 0 saturated carbocycles. The van der Waals surface area contributed by atoms with E-state index in [0.717, 1.165) is 0 Å². The molecule has 21 heavy (non-hydrogen) atoms. The summed E-state index contributed by atoms with van der Waals surface area (Å²) < 4.78 is 24.0. The number of halogens is 2. The quantitative estimate of drug-likeness (QED) is 0.912. The number of benzene rings is 1. The Morgan fingerprint density at radius 2 is 1.86 bits per heavy atom. The average Bonchev–Trinajstić information content (AvgIpc) is 2.46. The highest BCUT2D eigenvalue weighted by Crippen LogP contribution is 2.22. The fourth-order valence-electron chi connectivity index (χ4n) is 1.55. The predicted molar refractivity (Wildman–Crippen MR) is 77.2 cm³/mol. The molecule has 0 unspecified atom stereocenters. The average molecular weight is 356 g/mol. The van der Waals surface area contributed by atoms with Crippen LogP contribution in [0.25, 0.3) is 0 Å². The van der Waals surface area contributed by atoms with Gasteiger partial charge in [0.15, 0.2) is 0 Å². The number of hydrogen-bond acceptors (Lipinski definition) is 5. The lowest BCUT2D eigenvalue weighted by molar-refractivity contribution is 0.102. The number of nitrogens with one attached hydrogen (secondary N) is 1. The zero-order chi connectivity index (χ0) is 15.4. The number of rotatable bonds is 4. The van der Waals surface area contributed by atoms with Crippen LogP contribution < -0.4 is 14.8 Å². The zero-order valence-electron chi connectivity index (χ0n) is 11.2. The van der Waals surface area contributed by atoms with Crippen molar-refractivity contribution in [3.05, 3.63) is 40.1 Å². The van der Waals surface area contributed by atoms with Crippen molar-refractivity contribution in [2.75, 3.05) is 19.5 Å². The number of carbonyl (C=O) groups is 1. The maximum atomic E-state index is 13.7. The molecule has 8 heteroatoms. The second kappa shape index (κ2) is 6.49. The Balaban J connectivity index is 2.31. The lowest BCUT2D eigenvalue weighted by Gasteiger charge is -2.09. The second-order valence-corrected chi connectivity index (χ2v) is 4.68. The van der Waals surface area contributed by atoms with Gasteiger partial charge < -0.3 is 9.47 Å². The molecular formula is C13H11BrFN3O3. The largest absolute Gasteiger partial charge is 0.481 e. The van der Waals surface area contributed by atoms with Crippen molar-refractivity contribution in [3.8, 4) is 11.8 Å². The number of hydrogen-bond donors (Lipinski definition) is 1. The summed E-state index contributed by atoms with van der Waals surface area (Å²) >= 11 is 3.13. The maximum absolute atomic E-state index is 13.7. The van der Waals surface area contributed by atoms with Crippen LogP contribution in [-0.2, 0) is 0 Å². The summed E-state index contributed by atoms with van der Waals surface area (Å²) in [6.45, 7) is 0. The van der Waals surface area contributed by atoms with Crippen LogP contribution in [0.3, 0.4) is 0 Å². The second-order valence-electron chi connectivity index (χ2n) is 3.83. The van der Waals surface area contributed by atoms with Gasteiger partial charge in [-0.2, -0.15) is 9.97 Å². The predicted octanol–water partition coefficient (Wildman–Crippen LogP) is 2.65. The molecule has 6 nitrogen and oxygen atoms in total. The number of nitrogens with zero attached hydrogens (tertiary/aromatic N) is 2. The van der Waals surface area contributed by atoms with E-state index in [1.54, 1.807) is 6.07 Å². The number of ether oxygens (including phenoxy) is 2. The summed E-state index contributed by atoms with van der Waals surface area (Å²) in [5.41, 5.74) is -0.136. The van der Waals surface area contributed by atoms with Gasteiger partial charge in [-0.15, -0.1) is 0 Å². The number of amides is 1. The summed E-state index contributed by atoms with van der Waals surface area (Å²) in [7, 11) is 2.83. The minimum atomic E-state index is -0.685. The summed E-state index contributed by atoms with van der Waals surface area (Å²) in [4.78, 5) is 20.0. The Kier molecular flexibility index (Phi) is 4.69. The van der Waals surface area contributed by atoms with Crippen LogP contribution >= 0.6 is 15.9 Å². The maximum Gasteiger partial charge on any atom is 0.262 e. The molecule has 0 aliphatic carbocycles. The fourth-order valence-corrected chi connectivity index (χ4v) is 2.07. The Hall–Kier alpha value is -2.22. The van der Waals surface area contributed by atoms with Crippen LogP contribution in [-0.4, -0.2) is 30.1 Å². The van der Waals surface area contributed by atoms with E-state index in [4.69, 9.17) is 9.47 Å². The normalized spacial score (nSPS) is 10.1. The van der Waals surface area contributed by atoms with Crippen LogP contribution in [0.1, 0.15) is 10.4 Å². The molecule has 1 amide bonds. The number of aromatic nitrogens is 2. The highest BCUT2D eigenvalue weighted by molar-refractivity contribution is 9.10. The molecule has 0 saturated heterocycles. The van der Waals surface area contributed by atoms with Crippen LogP contribution in [0, 0.1) is 5.82 Å². The SMILES string of the molecule is COc1cc(OC)nc(NC(=O)c2c(F)cccc2Br)n1. The van der Waals surface area contributed by atoms with Gasteiger partial charge in [-0.25, -0.2) is 4.39 Å². The van der Waals surface area contributed by atoms with Gasteiger partial charge in [0.1, 0.15) is 5.82 Å². The standard InChI is InChI=1S/C13H11BrFN3O3/c1-20-9-6-10(21-2)17-13(16-9)18-12(19)11-7(14)4-3-5-8(11)15/h3-6H,1-2H3,(H,16,17,18,19). The highest BCUT2D eigenvalue weighted by Gasteiger charge is 2.17. The Morgan fingerprint density at radius 1 is 1.24 bits per heavy atom. The van der Waals surface area contributed by atoms with E-state index in [2.05, 4.69) is 31.2 Å². The van der Waals surface area contributed by atoms with Crippen molar-refractivity contribution >= 4 is 27.8 Å². The van der Waals surface area contributed by atoms with Crippen LogP contribution in [0.4, 0.5) is 10.3 Å². The summed E-state index contributed by atoms with van der Waals surface area (Å²) in [6.07, 6.45) is 0. The van der Waals surface area contributed by atoms with Crippen LogP contribution in [0.2, 0.25) is 0 Å². The molecule has 110 valence electrons. The van der Waals surface area contributed by atoms with E-state index < -0.39 is 11.7 Å². The molecule has 1 N–H and O–H groups in total. The van der Waals surface area contributed by atoms with Crippen molar-refractivity contribution in [2.45, 2.75) is 0 Å². The molecule has 0 spiro atoms. The molecule has 0 bridgehead atoms. The minimum absolute atomic E-state index is 0.0497. The smallest absolute Gasteiger partial charge is 0.262 e. The molecular weight excluding hydrogens is 345 g/mol. The number of anilines is 1. The molecule has 0 radical (unpaired) electrons. The van der Waals surface area contributed by atoms with E-state index in [0.29, 0.717) is 4.47 Å². The highest BCUT2D eigenvalue weighted by atomic mass is 79.9. The van der Waals surface area contributed by atoms with Crippen molar-refractivity contribution < 1.29 is 18.7 Å². The van der Waals surface area contributed by atoms with Gasteiger partial charge in [0.2, 0.25) is 17.7 Å². The van der Waals surface area contributed by atoms with Crippen molar-refractivity contribution in [1.29, 1.82) is 0 Å². The van der Waals surface area contributed by atoms with Gasteiger partial charge in [0.05, 0.1) is 25.8 Å². The van der Waals surface area contributed by atoms with E-state index in [1.165, 1.54) is 32.4 Å². The van der Waals surface area contributed by atoms with E-state index in [-0.39, 0.29) is 23.3 Å².